The summed E-state index contributed by atoms with van der Waals surface area (Å²) in [6.45, 7) is 3.31. The summed E-state index contributed by atoms with van der Waals surface area (Å²) in [7, 11) is 3.50. The number of thiophene rings is 1. The van der Waals surface area contributed by atoms with Crippen LogP contribution in [0.25, 0.3) is 0 Å². The topological polar surface area (TPSA) is 53.4 Å². The maximum Gasteiger partial charge on any atom is 0.316 e. The van der Waals surface area contributed by atoms with E-state index in [1.54, 1.807) is 30.3 Å². The molecular weight excluding hydrogens is 298 g/mol. The zero-order valence-electron chi connectivity index (χ0n) is 12.9. The van der Waals surface area contributed by atoms with Crippen molar-refractivity contribution in [1.82, 2.24) is 24.9 Å². The van der Waals surface area contributed by atoms with Gasteiger partial charge in [-0.2, -0.15) is 16.4 Å². The Morgan fingerprint density at radius 3 is 3.09 bits per heavy atom. The van der Waals surface area contributed by atoms with Crippen LogP contribution in [0.1, 0.15) is 17.3 Å². The van der Waals surface area contributed by atoms with Crippen molar-refractivity contribution >= 4 is 17.4 Å². The fraction of sp³-hybridized carbons (Fsp3) is 0.467. The number of hydrogen-bond acceptors (Lipinski definition) is 4. The molecule has 1 aliphatic heterocycles. The highest BCUT2D eigenvalue weighted by molar-refractivity contribution is 7.07. The molecule has 1 aliphatic rings. The number of aromatic nitrogens is 2. The molecule has 118 valence electrons. The van der Waals surface area contributed by atoms with E-state index in [9.17, 15) is 4.79 Å². The molecule has 22 heavy (non-hydrogen) atoms. The van der Waals surface area contributed by atoms with Crippen LogP contribution in [0.2, 0.25) is 0 Å². The van der Waals surface area contributed by atoms with Crippen LogP contribution in [-0.2, 0) is 13.1 Å². The molecule has 6 nitrogen and oxygen atoms in total. The first-order valence-electron chi connectivity index (χ1n) is 7.34. The molecule has 0 bridgehead atoms. The summed E-state index contributed by atoms with van der Waals surface area (Å²) >= 11 is 1.73. The Morgan fingerprint density at radius 1 is 1.50 bits per heavy atom. The summed E-state index contributed by atoms with van der Waals surface area (Å²) < 4.78 is 2.04. The van der Waals surface area contributed by atoms with Crippen molar-refractivity contribution in [1.29, 1.82) is 0 Å². The summed E-state index contributed by atoms with van der Waals surface area (Å²) in [5, 5.41) is 11.7. The summed E-state index contributed by atoms with van der Waals surface area (Å²) in [5.74, 6) is 0. The molecule has 0 fully saturated rings. The van der Waals surface area contributed by atoms with Gasteiger partial charge in [0.25, 0.3) is 0 Å². The van der Waals surface area contributed by atoms with Crippen LogP contribution in [0.5, 0.6) is 0 Å². The molecular formula is C15H21N5OS. The molecule has 1 N–H and O–H groups in total. The van der Waals surface area contributed by atoms with E-state index in [1.807, 2.05) is 10.9 Å². The number of carbonyl (C=O) groups excluding carboxylic acids is 1. The molecule has 2 amide bonds. The molecule has 7 heteroatoms. The van der Waals surface area contributed by atoms with Crippen LogP contribution in [0, 0.1) is 0 Å². The number of nitrogens with one attached hydrogen (secondary N) is 1. The van der Waals surface area contributed by atoms with Crippen molar-refractivity contribution in [3.63, 3.8) is 0 Å². The van der Waals surface area contributed by atoms with Crippen molar-refractivity contribution in [2.24, 2.45) is 0 Å². The third kappa shape index (κ3) is 3.31. The first-order valence-corrected chi connectivity index (χ1v) is 8.28. The maximum absolute atomic E-state index is 11.7. The number of fused-ring (bicyclic) bond motifs is 1. The number of urea groups is 1. The fourth-order valence-electron chi connectivity index (χ4n) is 2.74. The first kappa shape index (κ1) is 15.1. The molecule has 2 aromatic heterocycles. The monoisotopic (exact) mass is 319 g/mol. The predicted molar refractivity (Wildman–Crippen MR) is 86.8 cm³/mol. The van der Waals surface area contributed by atoms with Gasteiger partial charge in [-0.25, -0.2) is 4.79 Å². The Balaban J connectivity index is 1.68. The van der Waals surface area contributed by atoms with Gasteiger partial charge in [-0.1, -0.05) is 0 Å². The van der Waals surface area contributed by atoms with Crippen LogP contribution in [0.4, 0.5) is 4.79 Å². The van der Waals surface area contributed by atoms with Gasteiger partial charge in [-0.3, -0.25) is 9.58 Å². The third-order valence-electron chi connectivity index (χ3n) is 3.83. The maximum atomic E-state index is 11.7. The molecule has 1 unspecified atom stereocenters. The van der Waals surface area contributed by atoms with Crippen molar-refractivity contribution in [2.75, 3.05) is 27.2 Å². The normalized spacial score (nSPS) is 18.0. The van der Waals surface area contributed by atoms with Crippen LogP contribution in [0.15, 0.2) is 29.1 Å². The Labute approximate surface area is 134 Å². The van der Waals surface area contributed by atoms with E-state index in [4.69, 9.17) is 0 Å². The highest BCUT2D eigenvalue weighted by Crippen LogP contribution is 2.22. The molecule has 0 aromatic carbocycles. The van der Waals surface area contributed by atoms with E-state index >= 15 is 0 Å². The van der Waals surface area contributed by atoms with E-state index < -0.39 is 0 Å². The van der Waals surface area contributed by atoms with Crippen molar-refractivity contribution in [3.8, 4) is 0 Å². The number of hydrogen-bond donors (Lipinski definition) is 1. The number of amides is 2. The van der Waals surface area contributed by atoms with Gasteiger partial charge in [0, 0.05) is 46.5 Å². The second-order valence-corrected chi connectivity index (χ2v) is 6.58. The van der Waals surface area contributed by atoms with E-state index in [0.29, 0.717) is 6.54 Å². The standard InChI is InChI=1S/C15H21N5OS/c1-18(2)15(21)16-7-14-10-19(8-12-4-6-22-11-12)9-13-3-5-17-20(13)14/h3-6,11,14H,7-10H2,1-2H3,(H,16,21). The minimum atomic E-state index is -0.0661. The Kier molecular flexibility index (Phi) is 4.44. The van der Waals surface area contributed by atoms with Gasteiger partial charge in [0.2, 0.25) is 0 Å². The first-order chi connectivity index (χ1) is 10.6. The summed E-state index contributed by atoms with van der Waals surface area (Å²) in [5.41, 5.74) is 2.54. The number of carbonyl (C=O) groups is 1. The lowest BCUT2D eigenvalue weighted by Crippen LogP contribution is -2.44. The summed E-state index contributed by atoms with van der Waals surface area (Å²) in [6.07, 6.45) is 1.84. The van der Waals surface area contributed by atoms with Crippen LogP contribution < -0.4 is 5.32 Å². The Hall–Kier alpha value is -1.86. The average Bonchev–Trinajstić information content (AvgIpc) is 3.15. The second kappa shape index (κ2) is 6.50. The largest absolute Gasteiger partial charge is 0.336 e. The summed E-state index contributed by atoms with van der Waals surface area (Å²) in [4.78, 5) is 15.7. The van der Waals surface area contributed by atoms with E-state index in [0.717, 1.165) is 19.6 Å². The predicted octanol–water partition coefficient (Wildman–Crippen LogP) is 1.77. The molecule has 3 heterocycles. The van der Waals surface area contributed by atoms with Gasteiger partial charge in [0.15, 0.2) is 0 Å². The van der Waals surface area contributed by atoms with E-state index in [-0.39, 0.29) is 12.1 Å². The second-order valence-electron chi connectivity index (χ2n) is 5.80. The van der Waals surface area contributed by atoms with Gasteiger partial charge in [0.05, 0.1) is 11.7 Å². The van der Waals surface area contributed by atoms with Gasteiger partial charge in [-0.05, 0) is 28.5 Å². The van der Waals surface area contributed by atoms with Crippen molar-refractivity contribution < 1.29 is 4.79 Å². The highest BCUT2D eigenvalue weighted by Gasteiger charge is 2.26. The molecule has 2 aromatic rings. The van der Waals surface area contributed by atoms with Gasteiger partial charge in [0.1, 0.15) is 0 Å². The summed E-state index contributed by atoms with van der Waals surface area (Å²) in [6, 6.07) is 4.32. The quantitative estimate of drug-likeness (QED) is 0.934. The fourth-order valence-corrected chi connectivity index (χ4v) is 3.40. The minimum Gasteiger partial charge on any atom is -0.336 e. The van der Waals surface area contributed by atoms with Crippen LogP contribution >= 0.6 is 11.3 Å². The van der Waals surface area contributed by atoms with Gasteiger partial charge >= 0.3 is 6.03 Å². The van der Waals surface area contributed by atoms with Gasteiger partial charge < -0.3 is 10.2 Å². The lowest BCUT2D eigenvalue weighted by Gasteiger charge is -2.34. The zero-order valence-corrected chi connectivity index (χ0v) is 13.7. The van der Waals surface area contributed by atoms with E-state index in [2.05, 4.69) is 38.2 Å². The molecule has 0 aliphatic carbocycles. The molecule has 0 spiro atoms. The van der Waals surface area contributed by atoms with Crippen LogP contribution in [-0.4, -0.2) is 52.8 Å². The van der Waals surface area contributed by atoms with Crippen molar-refractivity contribution in [3.05, 3.63) is 40.3 Å². The lowest BCUT2D eigenvalue weighted by atomic mass is 10.1. The van der Waals surface area contributed by atoms with Gasteiger partial charge in [-0.15, -0.1) is 0 Å². The zero-order chi connectivity index (χ0) is 15.5. The SMILES string of the molecule is CN(C)C(=O)NCC1CN(Cc2ccsc2)Cc2ccnn21. The molecule has 0 radical (unpaired) electrons. The van der Waals surface area contributed by atoms with E-state index in [1.165, 1.54) is 11.3 Å². The minimum absolute atomic E-state index is 0.0661. The number of rotatable bonds is 4. The van der Waals surface area contributed by atoms with Crippen molar-refractivity contribution in [2.45, 2.75) is 19.1 Å². The molecule has 0 saturated heterocycles. The third-order valence-corrected chi connectivity index (χ3v) is 4.57. The average molecular weight is 319 g/mol. The molecule has 0 saturated carbocycles. The Bertz CT molecular complexity index is 622. The number of nitrogens with zero attached hydrogens (tertiary/aromatic N) is 4. The Morgan fingerprint density at radius 2 is 2.36 bits per heavy atom. The smallest absolute Gasteiger partial charge is 0.316 e. The molecule has 3 rings (SSSR count). The van der Waals surface area contributed by atoms with Crippen LogP contribution in [0.3, 0.4) is 0 Å². The highest BCUT2D eigenvalue weighted by atomic mass is 32.1. The lowest BCUT2D eigenvalue weighted by molar-refractivity contribution is 0.162. The molecule has 1 atom stereocenters.